The molecule has 2 aromatic carbocycles. The zero-order valence-corrected chi connectivity index (χ0v) is 20.2. The van der Waals surface area contributed by atoms with Crippen molar-refractivity contribution >= 4 is 20.0 Å². The lowest BCUT2D eigenvalue weighted by atomic mass is 9.80. The molecule has 2 rings (SSSR count). The molecule has 1 nitrogen and oxygen atoms in total. The van der Waals surface area contributed by atoms with Crippen molar-refractivity contribution in [2.24, 2.45) is 5.92 Å². The lowest BCUT2D eigenvalue weighted by molar-refractivity contribution is 0.404. The first-order valence-electron chi connectivity index (χ1n) is 10.1. The van der Waals surface area contributed by atoms with Gasteiger partial charge in [0.15, 0.2) is 23.3 Å². The molecule has 163 valence electrons. The molecule has 0 heterocycles. The first-order chi connectivity index (χ1) is 13.6. The molecule has 0 atom stereocenters. The SMILES string of the molecule is CC(C)Cc1c(F)c(F)c(F)c(F)[c]1[Al][O]c1ccc(C(C)(C)C)cc1C(C)(C)C. The highest BCUT2D eigenvalue weighted by molar-refractivity contribution is 6.48. The molecule has 2 aromatic rings. The van der Waals surface area contributed by atoms with Gasteiger partial charge in [0.2, 0.25) is 0 Å². The second-order valence-electron chi connectivity index (χ2n) is 10.2. The van der Waals surface area contributed by atoms with Gasteiger partial charge in [-0.15, -0.1) is 0 Å². The van der Waals surface area contributed by atoms with E-state index in [0.29, 0.717) is 5.75 Å². The summed E-state index contributed by atoms with van der Waals surface area (Å²) in [6.45, 7) is 16.1. The van der Waals surface area contributed by atoms with Crippen LogP contribution >= 0.6 is 0 Å². The summed E-state index contributed by atoms with van der Waals surface area (Å²) in [5.41, 5.74) is 1.59. The van der Waals surface area contributed by atoms with Gasteiger partial charge in [-0.2, -0.15) is 0 Å². The summed E-state index contributed by atoms with van der Waals surface area (Å²) in [5.74, 6) is -5.75. The first-order valence-corrected chi connectivity index (χ1v) is 11.2. The Balaban J connectivity index is 2.51. The molecule has 0 fully saturated rings. The highest BCUT2D eigenvalue weighted by Crippen LogP contribution is 2.35. The summed E-state index contributed by atoms with van der Waals surface area (Å²) in [6, 6.07) is 5.83. The quantitative estimate of drug-likeness (QED) is 0.229. The van der Waals surface area contributed by atoms with Gasteiger partial charge in [-0.25, -0.2) is 17.6 Å². The summed E-state index contributed by atoms with van der Waals surface area (Å²) < 4.78 is 62.5. The molecule has 0 aliphatic carbocycles. The van der Waals surface area contributed by atoms with Crippen LogP contribution in [0.5, 0.6) is 5.75 Å². The molecule has 0 saturated heterocycles. The van der Waals surface area contributed by atoms with Crippen LogP contribution in [-0.2, 0) is 17.3 Å². The molecule has 0 amide bonds. The van der Waals surface area contributed by atoms with Gasteiger partial charge in [0.25, 0.3) is 0 Å². The van der Waals surface area contributed by atoms with E-state index >= 15 is 0 Å². The molecule has 0 unspecified atom stereocenters. The standard InChI is InChI=1S/C14H22O.C10H9F4.Al/c1-13(2,3)10-7-8-12(15)11(9-10)14(4,5)6;1-5(2)3-6-4-7(11)9(13)10(14)8(6)12;/h7-9,15H,1-6H3;5H,3H2,1-2H3;/q;;+1/p-1. The van der Waals surface area contributed by atoms with Gasteiger partial charge >= 0.3 is 15.6 Å². The Hall–Kier alpha value is -1.51. The average Bonchev–Trinajstić information content (AvgIpc) is 2.62. The predicted molar refractivity (Wildman–Crippen MR) is 115 cm³/mol. The van der Waals surface area contributed by atoms with Crippen molar-refractivity contribution in [1.29, 1.82) is 0 Å². The minimum absolute atomic E-state index is 0.0573. The summed E-state index contributed by atoms with van der Waals surface area (Å²) >= 11 is -1.31. The lowest BCUT2D eigenvalue weighted by Gasteiger charge is -2.28. The van der Waals surface area contributed by atoms with Gasteiger partial charge in [0.1, 0.15) is 0 Å². The van der Waals surface area contributed by atoms with Crippen molar-refractivity contribution in [2.45, 2.75) is 72.6 Å². The lowest BCUT2D eigenvalue weighted by Crippen LogP contribution is -2.32. The van der Waals surface area contributed by atoms with E-state index in [-0.39, 0.29) is 33.2 Å². The van der Waals surface area contributed by atoms with Crippen LogP contribution in [0, 0.1) is 29.2 Å². The third kappa shape index (κ3) is 5.39. The van der Waals surface area contributed by atoms with Crippen LogP contribution in [0.15, 0.2) is 18.2 Å². The second kappa shape index (κ2) is 8.93. The van der Waals surface area contributed by atoms with Crippen LogP contribution in [0.25, 0.3) is 0 Å². The maximum atomic E-state index is 14.6. The van der Waals surface area contributed by atoms with Crippen molar-refractivity contribution in [3.05, 3.63) is 58.2 Å². The Bertz CT molecular complexity index is 925. The van der Waals surface area contributed by atoms with E-state index in [1.165, 1.54) is 0 Å². The maximum Gasteiger partial charge on any atom is 0.574 e. The fourth-order valence-electron chi connectivity index (χ4n) is 3.23. The molecule has 6 heteroatoms. The van der Waals surface area contributed by atoms with Crippen molar-refractivity contribution < 1.29 is 21.4 Å². The van der Waals surface area contributed by atoms with Crippen molar-refractivity contribution in [3.63, 3.8) is 0 Å². The van der Waals surface area contributed by atoms with E-state index in [2.05, 4.69) is 26.8 Å². The third-order valence-electron chi connectivity index (χ3n) is 4.97. The van der Waals surface area contributed by atoms with E-state index in [9.17, 15) is 17.6 Å². The Morgan fingerprint density at radius 2 is 1.40 bits per heavy atom. The zero-order chi connectivity index (χ0) is 23.0. The largest absolute Gasteiger partial charge is 0.644 e. The minimum atomic E-state index is -1.79. The van der Waals surface area contributed by atoms with E-state index in [0.717, 1.165) is 11.1 Å². The Kier molecular flexibility index (Phi) is 7.37. The molecular formula is C24H30AlF4O. The molecule has 0 aliphatic heterocycles. The van der Waals surface area contributed by atoms with Crippen molar-refractivity contribution in [1.82, 2.24) is 0 Å². The van der Waals surface area contributed by atoms with Gasteiger partial charge in [-0.05, 0) is 50.4 Å². The topological polar surface area (TPSA) is 9.23 Å². The van der Waals surface area contributed by atoms with Crippen LogP contribution in [0.3, 0.4) is 0 Å². The number of benzene rings is 2. The van der Waals surface area contributed by atoms with Gasteiger partial charge in [0.05, 0.1) is 5.75 Å². The van der Waals surface area contributed by atoms with Gasteiger partial charge in [-0.1, -0.05) is 67.5 Å². The van der Waals surface area contributed by atoms with Crippen LogP contribution in [0.1, 0.15) is 72.1 Å². The number of hydrogen-bond acceptors (Lipinski definition) is 1. The number of hydrogen-bond donors (Lipinski definition) is 0. The van der Waals surface area contributed by atoms with E-state index in [1.807, 2.05) is 46.8 Å². The normalized spacial score (nSPS) is 12.4. The number of halogens is 4. The Labute approximate surface area is 183 Å². The number of rotatable bonds is 5. The Morgan fingerprint density at radius 1 is 0.833 bits per heavy atom. The van der Waals surface area contributed by atoms with Crippen LogP contribution in [-0.4, -0.2) is 15.6 Å². The van der Waals surface area contributed by atoms with Gasteiger partial charge in [0, 0.05) is 0 Å². The molecular weight excluding hydrogens is 407 g/mol. The minimum Gasteiger partial charge on any atom is -0.644 e. The summed E-state index contributed by atoms with van der Waals surface area (Å²) in [7, 11) is 0. The molecule has 1 radical (unpaired) electrons. The van der Waals surface area contributed by atoms with Crippen LogP contribution < -0.4 is 8.21 Å². The monoisotopic (exact) mass is 437 g/mol. The zero-order valence-electron chi connectivity index (χ0n) is 19.0. The average molecular weight is 437 g/mol. The van der Waals surface area contributed by atoms with Crippen LogP contribution in [0.2, 0.25) is 0 Å². The van der Waals surface area contributed by atoms with E-state index < -0.39 is 38.8 Å². The molecule has 0 aromatic heterocycles. The predicted octanol–water partition coefficient (Wildman–Crippen LogP) is 6.36. The van der Waals surface area contributed by atoms with E-state index in [1.54, 1.807) is 0 Å². The molecule has 0 aliphatic rings. The molecule has 0 spiro atoms. The van der Waals surface area contributed by atoms with Crippen molar-refractivity contribution in [2.75, 3.05) is 0 Å². The Morgan fingerprint density at radius 3 is 1.90 bits per heavy atom. The second-order valence-corrected chi connectivity index (χ2v) is 11.2. The molecule has 0 saturated carbocycles. The summed E-state index contributed by atoms with van der Waals surface area (Å²) in [5, 5.41) is 0. The van der Waals surface area contributed by atoms with Crippen molar-refractivity contribution in [3.8, 4) is 5.75 Å². The third-order valence-corrected chi connectivity index (χ3v) is 6.18. The molecule has 0 N–H and O–H groups in total. The summed E-state index contributed by atoms with van der Waals surface area (Å²) in [4.78, 5) is 0. The van der Waals surface area contributed by atoms with E-state index in [4.69, 9.17) is 3.79 Å². The fourth-order valence-corrected chi connectivity index (χ4v) is 4.30. The fraction of sp³-hybridized carbons (Fsp3) is 0.500. The smallest absolute Gasteiger partial charge is 0.574 e. The summed E-state index contributed by atoms with van der Waals surface area (Å²) in [6.07, 6.45) is 0.0980. The first kappa shape index (κ1) is 24.8. The highest BCUT2D eigenvalue weighted by Gasteiger charge is 2.29. The molecule has 0 bridgehead atoms. The molecule has 30 heavy (non-hydrogen) atoms. The maximum absolute atomic E-state index is 14.6. The van der Waals surface area contributed by atoms with Crippen LogP contribution in [0.4, 0.5) is 17.6 Å². The highest BCUT2D eigenvalue weighted by atomic mass is 27.1. The van der Waals surface area contributed by atoms with Gasteiger partial charge in [-0.3, -0.25) is 0 Å². The van der Waals surface area contributed by atoms with Gasteiger partial charge < -0.3 is 3.79 Å².